The largest absolute Gasteiger partial charge is 0.375 e. The molecule has 0 aliphatic carbocycles. The van der Waals surface area contributed by atoms with Crippen molar-refractivity contribution in [2.75, 3.05) is 31.9 Å². The standard InChI is InChI=1S/C11H20N4OS/c1-3-15(4-2)7-5-6-13-10(16)9-8-17-11(12)14-9/h8H,3-7H2,1-2H3,(H2,12,14)(H,13,16). The molecule has 0 aliphatic rings. The van der Waals surface area contributed by atoms with E-state index in [1.807, 2.05) is 0 Å². The molecule has 3 N–H and O–H groups in total. The zero-order valence-electron chi connectivity index (χ0n) is 10.4. The summed E-state index contributed by atoms with van der Waals surface area (Å²) in [6.45, 7) is 8.06. The van der Waals surface area contributed by atoms with Crippen LogP contribution in [0, 0.1) is 0 Å². The van der Waals surface area contributed by atoms with Crippen LogP contribution >= 0.6 is 11.3 Å². The monoisotopic (exact) mass is 256 g/mol. The molecule has 0 radical (unpaired) electrons. The molecule has 1 aromatic rings. The van der Waals surface area contributed by atoms with Gasteiger partial charge in [-0.3, -0.25) is 4.79 Å². The lowest BCUT2D eigenvalue weighted by Crippen LogP contribution is -2.30. The minimum Gasteiger partial charge on any atom is -0.375 e. The summed E-state index contributed by atoms with van der Waals surface area (Å²) in [7, 11) is 0. The van der Waals surface area contributed by atoms with Gasteiger partial charge < -0.3 is 16.0 Å². The van der Waals surface area contributed by atoms with Crippen LogP contribution in [0.2, 0.25) is 0 Å². The molecule has 0 atom stereocenters. The number of hydrogen-bond donors (Lipinski definition) is 2. The summed E-state index contributed by atoms with van der Waals surface area (Å²) in [5, 5.41) is 4.94. The third-order valence-electron chi connectivity index (χ3n) is 2.59. The molecule has 0 saturated heterocycles. The van der Waals surface area contributed by atoms with Crippen molar-refractivity contribution in [1.29, 1.82) is 0 Å². The second-order valence-electron chi connectivity index (χ2n) is 3.71. The number of carbonyl (C=O) groups is 1. The molecule has 0 spiro atoms. The van der Waals surface area contributed by atoms with E-state index in [1.54, 1.807) is 5.38 Å². The summed E-state index contributed by atoms with van der Waals surface area (Å²) < 4.78 is 0. The number of rotatable bonds is 7. The number of nitrogen functional groups attached to an aromatic ring is 1. The van der Waals surface area contributed by atoms with Gasteiger partial charge in [0, 0.05) is 11.9 Å². The van der Waals surface area contributed by atoms with Crippen molar-refractivity contribution in [3.63, 3.8) is 0 Å². The van der Waals surface area contributed by atoms with E-state index in [1.165, 1.54) is 11.3 Å². The van der Waals surface area contributed by atoms with Crippen molar-refractivity contribution in [2.24, 2.45) is 0 Å². The highest BCUT2D eigenvalue weighted by Crippen LogP contribution is 2.10. The quantitative estimate of drug-likeness (QED) is 0.719. The van der Waals surface area contributed by atoms with Crippen LogP contribution in [0.15, 0.2) is 5.38 Å². The van der Waals surface area contributed by atoms with Crippen LogP contribution < -0.4 is 11.1 Å². The molecule has 0 aliphatic heterocycles. The Bertz CT molecular complexity index is 349. The summed E-state index contributed by atoms with van der Waals surface area (Å²) in [6.07, 6.45) is 0.951. The highest BCUT2D eigenvalue weighted by atomic mass is 32.1. The Morgan fingerprint density at radius 3 is 2.76 bits per heavy atom. The fraction of sp³-hybridized carbons (Fsp3) is 0.636. The van der Waals surface area contributed by atoms with Crippen molar-refractivity contribution in [3.8, 4) is 0 Å². The molecule has 17 heavy (non-hydrogen) atoms. The molecule has 0 saturated carbocycles. The normalized spacial score (nSPS) is 10.8. The number of nitrogens with two attached hydrogens (primary N) is 1. The first kappa shape index (κ1) is 13.9. The van der Waals surface area contributed by atoms with E-state index in [9.17, 15) is 4.79 Å². The maximum atomic E-state index is 11.6. The maximum Gasteiger partial charge on any atom is 0.270 e. The third kappa shape index (κ3) is 4.70. The lowest BCUT2D eigenvalue weighted by atomic mass is 10.3. The number of thiazole rings is 1. The van der Waals surface area contributed by atoms with Gasteiger partial charge in [-0.1, -0.05) is 13.8 Å². The Morgan fingerprint density at radius 2 is 2.24 bits per heavy atom. The van der Waals surface area contributed by atoms with Gasteiger partial charge in [0.05, 0.1) is 0 Å². The summed E-state index contributed by atoms with van der Waals surface area (Å²) in [5.41, 5.74) is 5.88. The molecule has 0 unspecified atom stereocenters. The van der Waals surface area contributed by atoms with Crippen LogP contribution in [-0.4, -0.2) is 42.0 Å². The minimum absolute atomic E-state index is 0.141. The number of amides is 1. The van der Waals surface area contributed by atoms with E-state index in [4.69, 9.17) is 5.73 Å². The first-order valence-corrected chi connectivity index (χ1v) is 6.76. The zero-order chi connectivity index (χ0) is 12.7. The van der Waals surface area contributed by atoms with Gasteiger partial charge >= 0.3 is 0 Å². The van der Waals surface area contributed by atoms with Gasteiger partial charge in [-0.25, -0.2) is 4.98 Å². The molecule has 6 heteroatoms. The molecule has 0 fully saturated rings. The van der Waals surface area contributed by atoms with Crippen molar-refractivity contribution in [3.05, 3.63) is 11.1 Å². The van der Waals surface area contributed by atoms with Crippen molar-refractivity contribution in [1.82, 2.24) is 15.2 Å². The average Bonchev–Trinajstić information content (AvgIpc) is 2.76. The summed E-state index contributed by atoms with van der Waals surface area (Å²) >= 11 is 1.28. The molecule has 1 amide bonds. The smallest absolute Gasteiger partial charge is 0.270 e. The molecule has 1 aromatic heterocycles. The van der Waals surface area contributed by atoms with E-state index in [0.29, 0.717) is 17.4 Å². The average molecular weight is 256 g/mol. The predicted molar refractivity (Wildman–Crippen MR) is 71.3 cm³/mol. The molecule has 5 nitrogen and oxygen atoms in total. The van der Waals surface area contributed by atoms with Crippen molar-refractivity contribution >= 4 is 22.4 Å². The second-order valence-corrected chi connectivity index (χ2v) is 4.60. The number of anilines is 1. The lowest BCUT2D eigenvalue weighted by Gasteiger charge is -2.17. The molecular weight excluding hydrogens is 236 g/mol. The Balaban J connectivity index is 2.21. The molecular formula is C11H20N4OS. The van der Waals surface area contributed by atoms with Gasteiger partial charge in [0.1, 0.15) is 5.69 Å². The van der Waals surface area contributed by atoms with Crippen molar-refractivity contribution in [2.45, 2.75) is 20.3 Å². The Labute approximate surface area is 106 Å². The highest BCUT2D eigenvalue weighted by molar-refractivity contribution is 7.13. The lowest BCUT2D eigenvalue weighted by molar-refractivity contribution is 0.0947. The first-order chi connectivity index (χ1) is 8.17. The molecule has 0 aromatic carbocycles. The third-order valence-corrected chi connectivity index (χ3v) is 3.26. The van der Waals surface area contributed by atoms with Gasteiger partial charge in [-0.05, 0) is 26.1 Å². The zero-order valence-corrected chi connectivity index (χ0v) is 11.2. The van der Waals surface area contributed by atoms with Crippen LogP contribution in [0.1, 0.15) is 30.8 Å². The van der Waals surface area contributed by atoms with E-state index >= 15 is 0 Å². The topological polar surface area (TPSA) is 71.2 Å². The summed E-state index contributed by atoms with van der Waals surface area (Å²) in [5.74, 6) is -0.141. The molecule has 96 valence electrons. The van der Waals surface area contributed by atoms with Crippen LogP contribution in [0.3, 0.4) is 0 Å². The van der Waals surface area contributed by atoms with E-state index in [2.05, 4.69) is 29.0 Å². The summed E-state index contributed by atoms with van der Waals surface area (Å²) in [6, 6.07) is 0. The summed E-state index contributed by atoms with van der Waals surface area (Å²) in [4.78, 5) is 17.9. The van der Waals surface area contributed by atoms with Crippen LogP contribution in [0.5, 0.6) is 0 Å². The molecule has 0 bridgehead atoms. The number of nitrogens with zero attached hydrogens (tertiary/aromatic N) is 2. The maximum absolute atomic E-state index is 11.6. The van der Waals surface area contributed by atoms with Crippen LogP contribution in [0.4, 0.5) is 5.13 Å². The predicted octanol–water partition coefficient (Wildman–Crippen LogP) is 1.19. The number of carbonyl (C=O) groups excluding carboxylic acids is 1. The SMILES string of the molecule is CCN(CC)CCCNC(=O)c1csc(N)n1. The van der Waals surface area contributed by atoms with Gasteiger partial charge in [-0.15, -0.1) is 11.3 Å². The van der Waals surface area contributed by atoms with Gasteiger partial charge in [0.25, 0.3) is 5.91 Å². The Kier molecular flexibility index (Phi) is 5.93. The fourth-order valence-electron chi connectivity index (χ4n) is 1.53. The van der Waals surface area contributed by atoms with Crippen molar-refractivity contribution < 1.29 is 4.79 Å². The van der Waals surface area contributed by atoms with E-state index < -0.39 is 0 Å². The van der Waals surface area contributed by atoms with Gasteiger partial charge in [-0.2, -0.15) is 0 Å². The van der Waals surface area contributed by atoms with Crippen LogP contribution in [0.25, 0.3) is 0 Å². The van der Waals surface area contributed by atoms with E-state index in [-0.39, 0.29) is 5.91 Å². The van der Waals surface area contributed by atoms with Gasteiger partial charge in [0.15, 0.2) is 5.13 Å². The van der Waals surface area contributed by atoms with Gasteiger partial charge in [0.2, 0.25) is 0 Å². The number of hydrogen-bond acceptors (Lipinski definition) is 5. The fourth-order valence-corrected chi connectivity index (χ4v) is 2.07. The molecule has 1 rings (SSSR count). The van der Waals surface area contributed by atoms with E-state index in [0.717, 1.165) is 26.1 Å². The minimum atomic E-state index is -0.141. The highest BCUT2D eigenvalue weighted by Gasteiger charge is 2.08. The Hall–Kier alpha value is -1.14. The second kappa shape index (κ2) is 7.24. The molecule has 1 heterocycles. The van der Waals surface area contributed by atoms with Crippen LogP contribution in [-0.2, 0) is 0 Å². The Morgan fingerprint density at radius 1 is 1.53 bits per heavy atom. The number of aromatic nitrogens is 1. The number of nitrogens with one attached hydrogen (secondary N) is 1. The first-order valence-electron chi connectivity index (χ1n) is 5.88.